The van der Waals surface area contributed by atoms with E-state index in [4.69, 9.17) is 9.47 Å². The first kappa shape index (κ1) is 25.9. The minimum absolute atomic E-state index is 0.135. The van der Waals surface area contributed by atoms with Gasteiger partial charge in [-0.1, -0.05) is 30.3 Å². The molecule has 9 heteroatoms. The lowest BCUT2D eigenvalue weighted by Gasteiger charge is -2.31. The van der Waals surface area contributed by atoms with Gasteiger partial charge in [0.15, 0.2) is 11.4 Å². The van der Waals surface area contributed by atoms with Gasteiger partial charge in [-0.2, -0.15) is 5.10 Å². The average Bonchev–Trinajstić information content (AvgIpc) is 2.93. The number of benzene rings is 2. The first-order valence-electron chi connectivity index (χ1n) is 12.6. The number of carbonyl (C=O) groups excluding carboxylic acids is 2. The quantitative estimate of drug-likeness (QED) is 0.442. The highest BCUT2D eigenvalue weighted by molar-refractivity contribution is 5.95. The highest BCUT2D eigenvalue weighted by Gasteiger charge is 2.29. The summed E-state index contributed by atoms with van der Waals surface area (Å²) in [4.78, 5) is 40.2. The second-order valence-corrected chi connectivity index (χ2v) is 8.81. The van der Waals surface area contributed by atoms with Crippen LogP contribution in [0, 0.1) is 5.92 Å². The molecule has 0 bridgehead atoms. The number of hydrogen-bond acceptors (Lipinski definition) is 7. The van der Waals surface area contributed by atoms with E-state index >= 15 is 0 Å². The molecular formula is C28H32N4O5. The van der Waals surface area contributed by atoms with Gasteiger partial charge in [-0.15, -0.1) is 0 Å². The number of carbonyl (C=O) groups is 2. The molecular weight excluding hydrogens is 472 g/mol. The second kappa shape index (κ2) is 12.2. The average molecular weight is 505 g/mol. The summed E-state index contributed by atoms with van der Waals surface area (Å²) >= 11 is 0. The molecule has 9 nitrogen and oxygen atoms in total. The Hall–Kier alpha value is -4.14. The summed E-state index contributed by atoms with van der Waals surface area (Å²) in [7, 11) is 0. The SMILES string of the molecule is CCOC(=O)[C@H]1CCCN(C(=O)c2ccc(Nc3c(OCC)cnn(Cc4ccccc4)c3=O)cc2)C1. The minimum atomic E-state index is -0.312. The third-order valence-corrected chi connectivity index (χ3v) is 6.21. The van der Waals surface area contributed by atoms with E-state index in [1.54, 1.807) is 36.1 Å². The summed E-state index contributed by atoms with van der Waals surface area (Å²) in [5.74, 6) is -0.319. The van der Waals surface area contributed by atoms with Gasteiger partial charge in [-0.25, -0.2) is 4.68 Å². The van der Waals surface area contributed by atoms with E-state index in [0.717, 1.165) is 18.4 Å². The highest BCUT2D eigenvalue weighted by atomic mass is 16.5. The van der Waals surface area contributed by atoms with Crippen molar-refractivity contribution in [2.45, 2.75) is 33.2 Å². The molecule has 1 aromatic heterocycles. The number of esters is 1. The van der Waals surface area contributed by atoms with Crippen LogP contribution < -0.4 is 15.6 Å². The fourth-order valence-corrected chi connectivity index (χ4v) is 4.36. The Morgan fingerprint density at radius 3 is 2.51 bits per heavy atom. The summed E-state index contributed by atoms with van der Waals surface area (Å²) < 4.78 is 12.2. The third-order valence-electron chi connectivity index (χ3n) is 6.21. The van der Waals surface area contributed by atoms with Crippen molar-refractivity contribution in [3.63, 3.8) is 0 Å². The minimum Gasteiger partial charge on any atom is -0.490 e. The molecule has 194 valence electrons. The van der Waals surface area contributed by atoms with Crippen LogP contribution in [0.5, 0.6) is 5.75 Å². The number of rotatable bonds is 9. The molecule has 1 N–H and O–H groups in total. The molecule has 0 unspecified atom stereocenters. The van der Waals surface area contributed by atoms with Crippen LogP contribution in [0.25, 0.3) is 0 Å². The fourth-order valence-electron chi connectivity index (χ4n) is 4.36. The lowest BCUT2D eigenvalue weighted by atomic mass is 9.97. The van der Waals surface area contributed by atoms with Gasteiger partial charge in [0.2, 0.25) is 0 Å². The van der Waals surface area contributed by atoms with E-state index in [1.165, 1.54) is 10.9 Å². The normalized spacial score (nSPS) is 15.2. The van der Waals surface area contributed by atoms with Gasteiger partial charge in [0.1, 0.15) is 0 Å². The predicted molar refractivity (Wildman–Crippen MR) is 140 cm³/mol. The maximum Gasteiger partial charge on any atom is 0.310 e. The van der Waals surface area contributed by atoms with E-state index < -0.39 is 0 Å². The number of ether oxygens (including phenoxy) is 2. The molecule has 2 heterocycles. The van der Waals surface area contributed by atoms with E-state index in [-0.39, 0.29) is 29.0 Å². The maximum absolute atomic E-state index is 13.2. The monoisotopic (exact) mass is 504 g/mol. The van der Waals surface area contributed by atoms with Crippen molar-refractivity contribution >= 4 is 23.3 Å². The van der Waals surface area contributed by atoms with Crippen molar-refractivity contribution < 1.29 is 19.1 Å². The Morgan fingerprint density at radius 1 is 1.05 bits per heavy atom. The van der Waals surface area contributed by atoms with E-state index in [0.29, 0.717) is 49.8 Å². The molecule has 0 aliphatic carbocycles. The van der Waals surface area contributed by atoms with Gasteiger partial charge >= 0.3 is 5.97 Å². The molecule has 0 radical (unpaired) electrons. The van der Waals surface area contributed by atoms with Gasteiger partial charge in [0.05, 0.1) is 31.9 Å². The van der Waals surface area contributed by atoms with E-state index in [1.807, 2.05) is 37.3 Å². The van der Waals surface area contributed by atoms with E-state index in [9.17, 15) is 14.4 Å². The van der Waals surface area contributed by atoms with E-state index in [2.05, 4.69) is 10.4 Å². The zero-order valence-corrected chi connectivity index (χ0v) is 21.2. The number of amides is 1. The molecule has 1 aliphatic heterocycles. The van der Waals surface area contributed by atoms with Gasteiger partial charge in [-0.3, -0.25) is 14.4 Å². The zero-order valence-electron chi connectivity index (χ0n) is 21.2. The summed E-state index contributed by atoms with van der Waals surface area (Å²) in [6, 6.07) is 16.5. The second-order valence-electron chi connectivity index (χ2n) is 8.81. The predicted octanol–water partition coefficient (Wildman–Crippen LogP) is 3.85. The molecule has 0 spiro atoms. The van der Waals surface area contributed by atoms with Gasteiger partial charge in [0, 0.05) is 24.3 Å². The van der Waals surface area contributed by atoms with Crippen LogP contribution in [0.2, 0.25) is 0 Å². The van der Waals surface area contributed by atoms with Crippen LogP contribution in [0.4, 0.5) is 11.4 Å². The standard InChI is InChI=1S/C28H32N4O5/c1-3-36-24-17-29-32(18-20-9-6-5-7-10-20)27(34)25(24)30-23-14-12-21(13-15-23)26(33)31-16-8-11-22(19-31)28(35)37-4-2/h5-7,9-10,12-15,17,22,30H,3-4,8,11,16,18-19H2,1-2H3/t22-/m0/s1. The molecule has 1 atom stereocenters. The van der Waals surface area contributed by atoms with Crippen LogP contribution in [0.15, 0.2) is 65.6 Å². The number of hydrogen-bond donors (Lipinski definition) is 1. The molecule has 0 saturated carbocycles. The number of likely N-dealkylation sites (tertiary alicyclic amines) is 1. The molecule has 1 saturated heterocycles. The Labute approximate surface area is 216 Å². The van der Waals surface area contributed by atoms with Gasteiger partial charge in [-0.05, 0) is 56.5 Å². The van der Waals surface area contributed by atoms with Crippen molar-refractivity contribution in [2.24, 2.45) is 5.92 Å². The Bertz CT molecular complexity index is 1270. The Kier molecular flexibility index (Phi) is 8.56. The van der Waals surface area contributed by atoms with Crippen molar-refractivity contribution in [1.82, 2.24) is 14.7 Å². The topological polar surface area (TPSA) is 103 Å². The number of nitrogens with one attached hydrogen (secondary N) is 1. The first-order valence-corrected chi connectivity index (χ1v) is 12.6. The van der Waals surface area contributed by atoms with Gasteiger partial charge in [0.25, 0.3) is 11.5 Å². The summed E-state index contributed by atoms with van der Waals surface area (Å²) in [5.41, 5.74) is 2.07. The van der Waals surface area contributed by atoms with Crippen molar-refractivity contribution in [1.29, 1.82) is 0 Å². The van der Waals surface area contributed by atoms with Crippen LogP contribution in [0.3, 0.4) is 0 Å². The first-order chi connectivity index (χ1) is 18.0. The summed E-state index contributed by atoms with van der Waals surface area (Å²) in [5, 5.41) is 7.42. The smallest absolute Gasteiger partial charge is 0.310 e. The molecule has 3 aromatic rings. The van der Waals surface area contributed by atoms with Crippen LogP contribution in [-0.2, 0) is 16.1 Å². The van der Waals surface area contributed by atoms with Crippen molar-refractivity contribution in [2.75, 3.05) is 31.6 Å². The van der Waals surface area contributed by atoms with Crippen LogP contribution in [0.1, 0.15) is 42.6 Å². The third kappa shape index (κ3) is 6.35. The van der Waals surface area contributed by atoms with Crippen molar-refractivity contribution in [3.8, 4) is 5.75 Å². The number of piperidine rings is 1. The molecule has 2 aromatic carbocycles. The summed E-state index contributed by atoms with van der Waals surface area (Å²) in [6.45, 7) is 5.62. The maximum atomic E-state index is 13.2. The zero-order chi connectivity index (χ0) is 26.2. The molecule has 1 aliphatic rings. The Balaban J connectivity index is 1.50. The lowest BCUT2D eigenvalue weighted by molar-refractivity contribution is -0.149. The number of nitrogens with zero attached hydrogens (tertiary/aromatic N) is 3. The molecule has 4 rings (SSSR count). The molecule has 1 amide bonds. The fraction of sp³-hybridized carbons (Fsp3) is 0.357. The van der Waals surface area contributed by atoms with Crippen LogP contribution in [-0.4, -0.2) is 52.9 Å². The molecule has 37 heavy (non-hydrogen) atoms. The number of anilines is 2. The highest BCUT2D eigenvalue weighted by Crippen LogP contribution is 2.25. The lowest BCUT2D eigenvalue weighted by Crippen LogP contribution is -2.42. The van der Waals surface area contributed by atoms with Crippen molar-refractivity contribution in [3.05, 3.63) is 82.3 Å². The summed E-state index contributed by atoms with van der Waals surface area (Å²) in [6.07, 6.45) is 3.01. The van der Waals surface area contributed by atoms with Crippen LogP contribution >= 0.6 is 0 Å². The molecule has 1 fully saturated rings. The van der Waals surface area contributed by atoms with Gasteiger partial charge < -0.3 is 19.7 Å². The largest absolute Gasteiger partial charge is 0.490 e. The Morgan fingerprint density at radius 2 is 1.81 bits per heavy atom. The number of aromatic nitrogens is 2.